The number of fused-ring (bicyclic) bond motifs is 1. The number of nitrogens with two attached hydrogens (primary N) is 1. The van der Waals surface area contributed by atoms with Gasteiger partial charge in [-0.05, 0) is 17.2 Å². The maximum absolute atomic E-state index is 5.81. The van der Waals surface area contributed by atoms with E-state index >= 15 is 0 Å². The number of aryl methyl sites for hydroxylation is 1. The first-order chi connectivity index (χ1) is 10.2. The maximum atomic E-state index is 5.81. The molecular formula is C16H19N5. The van der Waals surface area contributed by atoms with Crippen LogP contribution >= 0.6 is 0 Å². The van der Waals surface area contributed by atoms with E-state index in [1.807, 2.05) is 49.4 Å². The van der Waals surface area contributed by atoms with Gasteiger partial charge in [-0.3, -0.25) is 0 Å². The summed E-state index contributed by atoms with van der Waals surface area (Å²) in [5.41, 5.74) is 10.2. The Balaban J connectivity index is 1.95. The Morgan fingerprint density at radius 2 is 1.90 bits per heavy atom. The standard InChI is InChI=1S/C16H19N5/c1-20(10-13-6-4-3-5-12(13)9-17)16-15-14(7-8-18-16)21(2)11-19-15/h3-8,11H,9-10,17H2,1-2H3. The summed E-state index contributed by atoms with van der Waals surface area (Å²) < 4.78 is 2.00. The number of hydrogen-bond donors (Lipinski definition) is 1. The van der Waals surface area contributed by atoms with Crippen molar-refractivity contribution in [1.82, 2.24) is 14.5 Å². The lowest BCUT2D eigenvalue weighted by Crippen LogP contribution is -2.19. The number of anilines is 1. The minimum absolute atomic E-state index is 0.547. The number of rotatable bonds is 4. The molecule has 0 aliphatic heterocycles. The van der Waals surface area contributed by atoms with Gasteiger partial charge in [-0.1, -0.05) is 24.3 Å². The lowest BCUT2D eigenvalue weighted by Gasteiger charge is -2.20. The van der Waals surface area contributed by atoms with Crippen molar-refractivity contribution in [3.05, 3.63) is 54.0 Å². The highest BCUT2D eigenvalue weighted by Crippen LogP contribution is 2.23. The van der Waals surface area contributed by atoms with Gasteiger partial charge in [0.1, 0.15) is 5.52 Å². The molecule has 0 saturated heterocycles. The molecule has 3 rings (SSSR count). The molecule has 0 fully saturated rings. The van der Waals surface area contributed by atoms with E-state index < -0.39 is 0 Å². The number of benzene rings is 1. The van der Waals surface area contributed by atoms with Crippen LogP contribution in [0.1, 0.15) is 11.1 Å². The van der Waals surface area contributed by atoms with Gasteiger partial charge in [-0.15, -0.1) is 0 Å². The van der Waals surface area contributed by atoms with Crippen molar-refractivity contribution in [2.75, 3.05) is 11.9 Å². The maximum Gasteiger partial charge on any atom is 0.156 e. The zero-order valence-corrected chi connectivity index (χ0v) is 12.3. The Morgan fingerprint density at radius 3 is 2.67 bits per heavy atom. The highest BCUT2D eigenvalue weighted by molar-refractivity contribution is 5.86. The quantitative estimate of drug-likeness (QED) is 0.795. The number of aromatic nitrogens is 3. The topological polar surface area (TPSA) is 60.0 Å². The molecule has 21 heavy (non-hydrogen) atoms. The highest BCUT2D eigenvalue weighted by Gasteiger charge is 2.12. The van der Waals surface area contributed by atoms with Crippen LogP contribution in [0.3, 0.4) is 0 Å². The monoisotopic (exact) mass is 281 g/mol. The minimum atomic E-state index is 0.547. The molecule has 2 aromatic heterocycles. The minimum Gasteiger partial charge on any atom is -0.353 e. The second-order valence-electron chi connectivity index (χ2n) is 5.19. The Hall–Kier alpha value is -2.40. The normalized spacial score (nSPS) is 11.0. The van der Waals surface area contributed by atoms with Crippen molar-refractivity contribution in [3.8, 4) is 0 Å². The molecule has 108 valence electrons. The molecule has 0 unspecified atom stereocenters. The first-order valence-corrected chi connectivity index (χ1v) is 6.94. The van der Waals surface area contributed by atoms with E-state index in [4.69, 9.17) is 5.73 Å². The second kappa shape index (κ2) is 5.54. The van der Waals surface area contributed by atoms with Crippen molar-refractivity contribution in [2.24, 2.45) is 12.8 Å². The number of nitrogens with zero attached hydrogens (tertiary/aromatic N) is 4. The third kappa shape index (κ3) is 2.48. The van der Waals surface area contributed by atoms with Gasteiger partial charge in [0.05, 0.1) is 11.8 Å². The molecule has 5 heteroatoms. The van der Waals surface area contributed by atoms with Crippen molar-refractivity contribution in [2.45, 2.75) is 13.1 Å². The third-order valence-electron chi connectivity index (χ3n) is 3.73. The first-order valence-electron chi connectivity index (χ1n) is 6.94. The lowest BCUT2D eigenvalue weighted by molar-refractivity contribution is 0.880. The molecule has 0 aliphatic carbocycles. The van der Waals surface area contributed by atoms with Crippen LogP contribution < -0.4 is 10.6 Å². The number of imidazole rings is 1. The Labute approximate surface area is 124 Å². The second-order valence-corrected chi connectivity index (χ2v) is 5.19. The van der Waals surface area contributed by atoms with Gasteiger partial charge in [0.15, 0.2) is 5.82 Å². The summed E-state index contributed by atoms with van der Waals surface area (Å²) in [7, 11) is 4.02. The van der Waals surface area contributed by atoms with Crippen LogP contribution in [0.15, 0.2) is 42.9 Å². The average molecular weight is 281 g/mol. The van der Waals surface area contributed by atoms with Gasteiger partial charge < -0.3 is 15.2 Å². The predicted octanol–water partition coefficient (Wildman–Crippen LogP) is 2.06. The fourth-order valence-electron chi connectivity index (χ4n) is 2.57. The molecule has 0 radical (unpaired) electrons. The summed E-state index contributed by atoms with van der Waals surface area (Å²) in [6.45, 7) is 1.31. The van der Waals surface area contributed by atoms with Gasteiger partial charge in [-0.2, -0.15) is 0 Å². The largest absolute Gasteiger partial charge is 0.353 e. The van der Waals surface area contributed by atoms with Crippen molar-refractivity contribution in [1.29, 1.82) is 0 Å². The van der Waals surface area contributed by atoms with Crippen LogP contribution in [0, 0.1) is 0 Å². The van der Waals surface area contributed by atoms with Gasteiger partial charge >= 0.3 is 0 Å². The van der Waals surface area contributed by atoms with Gasteiger partial charge in [0, 0.05) is 33.4 Å². The predicted molar refractivity (Wildman–Crippen MR) is 84.9 cm³/mol. The summed E-state index contributed by atoms with van der Waals surface area (Å²) >= 11 is 0. The summed E-state index contributed by atoms with van der Waals surface area (Å²) in [5.74, 6) is 0.889. The average Bonchev–Trinajstić information content (AvgIpc) is 2.89. The van der Waals surface area contributed by atoms with Crippen molar-refractivity contribution in [3.63, 3.8) is 0 Å². The van der Waals surface area contributed by atoms with Gasteiger partial charge in [0.25, 0.3) is 0 Å². The van der Waals surface area contributed by atoms with E-state index in [0.29, 0.717) is 6.54 Å². The van der Waals surface area contributed by atoms with Crippen LogP contribution in [0.5, 0.6) is 0 Å². The molecule has 0 atom stereocenters. The Morgan fingerprint density at radius 1 is 1.14 bits per heavy atom. The van der Waals surface area contributed by atoms with Crippen LogP contribution in [0.4, 0.5) is 5.82 Å². The molecule has 0 aliphatic rings. The summed E-state index contributed by atoms with van der Waals surface area (Å²) in [5, 5.41) is 0. The molecule has 0 amide bonds. The first kappa shape index (κ1) is 13.6. The van der Waals surface area contributed by atoms with E-state index in [-0.39, 0.29) is 0 Å². The van der Waals surface area contributed by atoms with Crippen LogP contribution in [-0.2, 0) is 20.1 Å². The molecule has 0 saturated carbocycles. The molecule has 1 aromatic carbocycles. The number of hydrogen-bond acceptors (Lipinski definition) is 4. The molecule has 2 N–H and O–H groups in total. The van der Waals surface area contributed by atoms with Crippen molar-refractivity contribution < 1.29 is 0 Å². The Bertz CT molecular complexity index is 762. The molecule has 3 aromatic rings. The van der Waals surface area contributed by atoms with E-state index in [9.17, 15) is 0 Å². The van der Waals surface area contributed by atoms with Crippen LogP contribution in [0.2, 0.25) is 0 Å². The fraction of sp³-hybridized carbons (Fsp3) is 0.250. The SMILES string of the molecule is CN(Cc1ccccc1CN)c1nccc2c1ncn2C. The van der Waals surface area contributed by atoms with Crippen LogP contribution in [0.25, 0.3) is 11.0 Å². The molecule has 2 heterocycles. The van der Waals surface area contributed by atoms with Crippen LogP contribution in [-0.4, -0.2) is 21.6 Å². The van der Waals surface area contributed by atoms with Gasteiger partial charge in [0.2, 0.25) is 0 Å². The zero-order chi connectivity index (χ0) is 14.8. The highest BCUT2D eigenvalue weighted by atomic mass is 15.2. The summed E-state index contributed by atoms with van der Waals surface area (Å²) in [4.78, 5) is 11.1. The molecular weight excluding hydrogens is 262 g/mol. The van der Waals surface area contributed by atoms with E-state index in [2.05, 4.69) is 27.0 Å². The van der Waals surface area contributed by atoms with Crippen molar-refractivity contribution >= 4 is 16.9 Å². The lowest BCUT2D eigenvalue weighted by atomic mass is 10.1. The van der Waals surface area contributed by atoms with Gasteiger partial charge in [-0.25, -0.2) is 9.97 Å². The smallest absolute Gasteiger partial charge is 0.156 e. The summed E-state index contributed by atoms with van der Waals surface area (Å²) in [6, 6.07) is 10.2. The molecule has 5 nitrogen and oxygen atoms in total. The molecule has 0 bridgehead atoms. The third-order valence-corrected chi connectivity index (χ3v) is 3.73. The molecule has 0 spiro atoms. The Kier molecular flexibility index (Phi) is 3.58. The van der Waals surface area contributed by atoms with E-state index in [1.165, 1.54) is 5.56 Å². The zero-order valence-electron chi connectivity index (χ0n) is 12.3. The number of pyridine rings is 1. The fourth-order valence-corrected chi connectivity index (χ4v) is 2.57. The summed E-state index contributed by atoms with van der Waals surface area (Å²) in [6.07, 6.45) is 3.64. The van der Waals surface area contributed by atoms with E-state index in [0.717, 1.165) is 29.0 Å². The van der Waals surface area contributed by atoms with E-state index in [1.54, 1.807) is 0 Å².